The first kappa shape index (κ1) is 20.5. The number of hydrogen-bond donors (Lipinski definition) is 2. The zero-order valence-electron chi connectivity index (χ0n) is 16.6. The number of anilines is 2. The summed E-state index contributed by atoms with van der Waals surface area (Å²) < 4.78 is 5.28. The molecule has 3 rings (SSSR count). The molecule has 7 heteroatoms. The topological polar surface area (TPSA) is 80.3 Å². The number of hydrogen-bond acceptors (Lipinski definition) is 6. The van der Waals surface area contributed by atoms with Crippen molar-refractivity contribution in [3.8, 4) is 0 Å². The van der Waals surface area contributed by atoms with Crippen molar-refractivity contribution in [1.29, 1.82) is 0 Å². The quantitative estimate of drug-likeness (QED) is 0.559. The molecule has 0 unspecified atom stereocenters. The molecule has 0 aliphatic rings. The van der Waals surface area contributed by atoms with Crippen molar-refractivity contribution in [3.05, 3.63) is 76.3 Å². The summed E-state index contributed by atoms with van der Waals surface area (Å²) in [4.78, 5) is 29.0. The summed E-state index contributed by atoms with van der Waals surface area (Å²) >= 11 is 1.32. The molecule has 2 N–H and O–H groups in total. The van der Waals surface area contributed by atoms with Crippen LogP contribution in [0, 0.1) is 13.8 Å². The van der Waals surface area contributed by atoms with Gasteiger partial charge in [-0.05, 0) is 43.5 Å². The fourth-order valence-electron chi connectivity index (χ4n) is 2.60. The Morgan fingerprint density at radius 2 is 1.90 bits per heavy atom. The largest absolute Gasteiger partial charge is 0.448 e. The van der Waals surface area contributed by atoms with Gasteiger partial charge in [0.2, 0.25) is 0 Å². The predicted octanol–water partition coefficient (Wildman–Crippen LogP) is 4.56. The third kappa shape index (κ3) is 5.65. The van der Waals surface area contributed by atoms with Gasteiger partial charge in [-0.2, -0.15) is 0 Å². The lowest BCUT2D eigenvalue weighted by atomic mass is 10.1. The number of rotatable bonds is 7. The Hall–Kier alpha value is -3.19. The molecule has 29 heavy (non-hydrogen) atoms. The summed E-state index contributed by atoms with van der Waals surface area (Å²) in [7, 11) is 0. The summed E-state index contributed by atoms with van der Waals surface area (Å²) in [6, 6.07) is 15.7. The molecule has 0 aliphatic heterocycles. The number of nitrogens with zero attached hydrogens (tertiary/aromatic N) is 1. The SMILES string of the molecule is Cc1ccc(C)c(NC(=O)[C@@H](C)OC(=O)c2csc(NCc3ccccc3)n2)c1. The van der Waals surface area contributed by atoms with Crippen molar-refractivity contribution in [2.75, 3.05) is 10.6 Å². The van der Waals surface area contributed by atoms with E-state index in [9.17, 15) is 9.59 Å². The summed E-state index contributed by atoms with van der Waals surface area (Å²) in [5, 5.41) is 8.22. The van der Waals surface area contributed by atoms with Gasteiger partial charge in [0.05, 0.1) is 0 Å². The minimum Gasteiger partial charge on any atom is -0.448 e. The van der Waals surface area contributed by atoms with E-state index in [0.717, 1.165) is 16.7 Å². The van der Waals surface area contributed by atoms with Gasteiger partial charge < -0.3 is 15.4 Å². The molecule has 1 amide bonds. The van der Waals surface area contributed by atoms with Crippen molar-refractivity contribution in [2.24, 2.45) is 0 Å². The minimum absolute atomic E-state index is 0.178. The predicted molar refractivity (Wildman–Crippen MR) is 115 cm³/mol. The minimum atomic E-state index is -0.940. The van der Waals surface area contributed by atoms with Crippen LogP contribution in [0.5, 0.6) is 0 Å². The van der Waals surface area contributed by atoms with E-state index in [1.54, 1.807) is 12.3 Å². The van der Waals surface area contributed by atoms with Crippen LogP contribution >= 0.6 is 11.3 Å². The molecule has 0 radical (unpaired) electrons. The van der Waals surface area contributed by atoms with E-state index in [1.807, 2.05) is 62.4 Å². The molecule has 0 saturated heterocycles. The molecule has 0 aliphatic carbocycles. The molecule has 0 spiro atoms. The number of amides is 1. The van der Waals surface area contributed by atoms with Gasteiger partial charge in [0.1, 0.15) is 0 Å². The molecule has 1 heterocycles. The molecule has 2 aromatic carbocycles. The summed E-state index contributed by atoms with van der Waals surface area (Å²) in [6.45, 7) is 6.01. The van der Waals surface area contributed by atoms with Crippen molar-refractivity contribution >= 4 is 34.0 Å². The second kappa shape index (κ2) is 9.34. The first-order chi connectivity index (χ1) is 13.9. The average molecular weight is 410 g/mol. The molecule has 1 aromatic heterocycles. The van der Waals surface area contributed by atoms with Crippen LogP contribution in [0.3, 0.4) is 0 Å². The summed E-state index contributed by atoms with van der Waals surface area (Å²) in [6.07, 6.45) is -0.940. The highest BCUT2D eigenvalue weighted by molar-refractivity contribution is 7.13. The lowest BCUT2D eigenvalue weighted by molar-refractivity contribution is -0.123. The number of esters is 1. The normalized spacial score (nSPS) is 11.6. The number of carbonyl (C=O) groups excluding carboxylic acids is 2. The van der Waals surface area contributed by atoms with Crippen LogP contribution in [0.1, 0.15) is 34.1 Å². The molecular formula is C22H23N3O3S. The van der Waals surface area contributed by atoms with Crippen LogP contribution in [0.15, 0.2) is 53.9 Å². The van der Waals surface area contributed by atoms with E-state index >= 15 is 0 Å². The average Bonchev–Trinajstić information content (AvgIpc) is 3.19. The van der Waals surface area contributed by atoms with E-state index in [1.165, 1.54) is 11.3 Å². The van der Waals surface area contributed by atoms with Crippen LogP contribution in [0.2, 0.25) is 0 Å². The Morgan fingerprint density at radius 1 is 1.14 bits per heavy atom. The molecular weight excluding hydrogens is 386 g/mol. The highest BCUT2D eigenvalue weighted by atomic mass is 32.1. The zero-order valence-corrected chi connectivity index (χ0v) is 17.4. The van der Waals surface area contributed by atoms with Crippen LogP contribution in [-0.2, 0) is 16.1 Å². The third-order valence-corrected chi connectivity index (χ3v) is 5.10. The van der Waals surface area contributed by atoms with Crippen LogP contribution in [0.25, 0.3) is 0 Å². The van der Waals surface area contributed by atoms with Crippen LogP contribution in [-0.4, -0.2) is 23.0 Å². The van der Waals surface area contributed by atoms with Crippen LogP contribution in [0.4, 0.5) is 10.8 Å². The Morgan fingerprint density at radius 3 is 2.66 bits per heavy atom. The van der Waals surface area contributed by atoms with Gasteiger partial charge in [-0.3, -0.25) is 4.79 Å². The number of thiazole rings is 1. The Kier molecular flexibility index (Phi) is 6.61. The zero-order chi connectivity index (χ0) is 20.8. The number of carbonyl (C=O) groups is 2. The molecule has 3 aromatic rings. The lowest BCUT2D eigenvalue weighted by Gasteiger charge is -2.14. The van der Waals surface area contributed by atoms with Crippen molar-refractivity contribution in [1.82, 2.24) is 4.98 Å². The van der Waals surface area contributed by atoms with E-state index < -0.39 is 12.1 Å². The second-order valence-electron chi connectivity index (χ2n) is 6.73. The van der Waals surface area contributed by atoms with Gasteiger partial charge >= 0.3 is 5.97 Å². The van der Waals surface area contributed by atoms with E-state index in [-0.39, 0.29) is 11.6 Å². The number of aromatic nitrogens is 1. The lowest BCUT2D eigenvalue weighted by Crippen LogP contribution is -2.30. The maximum Gasteiger partial charge on any atom is 0.358 e. The third-order valence-electron chi connectivity index (χ3n) is 4.30. The first-order valence-corrected chi connectivity index (χ1v) is 10.1. The van der Waals surface area contributed by atoms with Crippen molar-refractivity contribution < 1.29 is 14.3 Å². The first-order valence-electron chi connectivity index (χ1n) is 9.25. The second-order valence-corrected chi connectivity index (χ2v) is 7.59. The van der Waals surface area contributed by atoms with Gasteiger partial charge in [0.15, 0.2) is 16.9 Å². The number of nitrogens with one attached hydrogen (secondary N) is 2. The Balaban J connectivity index is 1.54. The Bertz CT molecular complexity index is 1000. The molecule has 0 fully saturated rings. The number of aryl methyl sites for hydroxylation is 2. The maximum absolute atomic E-state index is 12.4. The fourth-order valence-corrected chi connectivity index (χ4v) is 3.28. The molecule has 1 atom stereocenters. The highest BCUT2D eigenvalue weighted by Gasteiger charge is 2.21. The molecule has 0 saturated carbocycles. The Labute approximate surface area is 173 Å². The van der Waals surface area contributed by atoms with Gasteiger partial charge in [-0.25, -0.2) is 9.78 Å². The smallest absolute Gasteiger partial charge is 0.358 e. The van der Waals surface area contributed by atoms with Gasteiger partial charge in [0, 0.05) is 17.6 Å². The van der Waals surface area contributed by atoms with E-state index in [0.29, 0.717) is 17.4 Å². The summed E-state index contributed by atoms with van der Waals surface area (Å²) in [5.74, 6) is -1.01. The standard InChI is InChI=1S/C22H23N3O3S/c1-14-9-10-15(2)18(11-14)24-20(26)16(3)28-21(27)19-13-29-22(25-19)23-12-17-7-5-4-6-8-17/h4-11,13,16H,12H2,1-3H3,(H,23,25)(H,24,26)/t16-/m1/s1. The fraction of sp³-hybridized carbons (Fsp3) is 0.227. The highest BCUT2D eigenvalue weighted by Crippen LogP contribution is 2.19. The maximum atomic E-state index is 12.4. The van der Waals surface area contributed by atoms with Gasteiger partial charge in [0.25, 0.3) is 5.91 Å². The monoisotopic (exact) mass is 409 g/mol. The van der Waals surface area contributed by atoms with E-state index in [4.69, 9.17) is 4.74 Å². The van der Waals surface area contributed by atoms with Gasteiger partial charge in [-0.1, -0.05) is 42.5 Å². The van der Waals surface area contributed by atoms with Gasteiger partial charge in [-0.15, -0.1) is 11.3 Å². The van der Waals surface area contributed by atoms with E-state index in [2.05, 4.69) is 15.6 Å². The molecule has 0 bridgehead atoms. The summed E-state index contributed by atoms with van der Waals surface area (Å²) in [5.41, 5.74) is 3.98. The van der Waals surface area contributed by atoms with Crippen molar-refractivity contribution in [2.45, 2.75) is 33.4 Å². The molecule has 150 valence electrons. The number of benzene rings is 2. The van der Waals surface area contributed by atoms with Crippen LogP contribution < -0.4 is 10.6 Å². The van der Waals surface area contributed by atoms with Crippen molar-refractivity contribution in [3.63, 3.8) is 0 Å². The molecule has 6 nitrogen and oxygen atoms in total. The number of ether oxygens (including phenoxy) is 1.